The van der Waals surface area contributed by atoms with Gasteiger partial charge in [-0.05, 0) is 42.0 Å². The molecule has 0 aliphatic rings. The zero-order chi connectivity index (χ0) is 20.0. The van der Waals surface area contributed by atoms with Gasteiger partial charge in [-0.15, -0.1) is 0 Å². The van der Waals surface area contributed by atoms with Crippen LogP contribution in [0.2, 0.25) is 0 Å². The smallest absolute Gasteiger partial charge is 0.417 e. The fourth-order valence-electron chi connectivity index (χ4n) is 2.30. The molecule has 1 aromatic heterocycles. The average molecular weight is 389 g/mol. The number of para-hydroxylation sites is 1. The van der Waals surface area contributed by atoms with Gasteiger partial charge in [-0.2, -0.15) is 18.3 Å². The number of halogens is 4. The van der Waals surface area contributed by atoms with Crippen LogP contribution in [-0.4, -0.2) is 11.2 Å². The van der Waals surface area contributed by atoms with E-state index in [1.807, 2.05) is 0 Å². The van der Waals surface area contributed by atoms with E-state index in [2.05, 4.69) is 15.5 Å². The van der Waals surface area contributed by atoms with Crippen LogP contribution in [0.3, 0.4) is 0 Å². The number of anilines is 1. The third-order valence-electron chi connectivity index (χ3n) is 3.68. The fraction of sp³-hybridized carbons (Fsp3) is 0.100. The molecule has 1 N–H and O–H groups in total. The quantitative estimate of drug-likeness (QED) is 0.355. The van der Waals surface area contributed by atoms with E-state index in [4.69, 9.17) is 4.74 Å². The maximum absolute atomic E-state index is 13.2. The van der Waals surface area contributed by atoms with Gasteiger partial charge in [-0.25, -0.2) is 9.37 Å². The minimum atomic E-state index is -4.44. The number of pyridine rings is 1. The van der Waals surface area contributed by atoms with Gasteiger partial charge < -0.3 is 4.74 Å². The van der Waals surface area contributed by atoms with Crippen LogP contribution in [0.25, 0.3) is 0 Å². The predicted molar refractivity (Wildman–Crippen MR) is 97.6 cm³/mol. The molecule has 28 heavy (non-hydrogen) atoms. The number of aromatic nitrogens is 1. The van der Waals surface area contributed by atoms with E-state index in [1.54, 1.807) is 36.4 Å². The van der Waals surface area contributed by atoms with Gasteiger partial charge in [0.25, 0.3) is 0 Å². The number of nitrogens with zero attached hydrogens (tertiary/aromatic N) is 2. The number of nitrogens with one attached hydrogen (secondary N) is 1. The number of ether oxygens (including phenoxy) is 1. The first-order valence-electron chi connectivity index (χ1n) is 8.20. The van der Waals surface area contributed by atoms with E-state index in [0.29, 0.717) is 16.9 Å². The third kappa shape index (κ3) is 5.29. The van der Waals surface area contributed by atoms with Gasteiger partial charge in [0, 0.05) is 11.8 Å². The number of hydrogen-bond donors (Lipinski definition) is 1. The lowest BCUT2D eigenvalue weighted by Gasteiger charge is -2.09. The van der Waals surface area contributed by atoms with Crippen molar-refractivity contribution in [2.45, 2.75) is 12.8 Å². The van der Waals surface area contributed by atoms with Crippen LogP contribution >= 0.6 is 0 Å². The second-order valence-electron chi connectivity index (χ2n) is 5.76. The summed E-state index contributed by atoms with van der Waals surface area (Å²) in [6.45, 7) is 0.177. The molecule has 1 heterocycles. The molecule has 0 spiro atoms. The van der Waals surface area contributed by atoms with Crippen LogP contribution in [0.15, 0.2) is 72.0 Å². The Morgan fingerprint density at radius 3 is 2.57 bits per heavy atom. The Labute approximate surface area is 158 Å². The Morgan fingerprint density at radius 1 is 1.04 bits per heavy atom. The van der Waals surface area contributed by atoms with Crippen molar-refractivity contribution in [1.29, 1.82) is 0 Å². The molecule has 4 nitrogen and oxygen atoms in total. The molecule has 0 radical (unpaired) electrons. The van der Waals surface area contributed by atoms with Gasteiger partial charge in [-0.1, -0.05) is 24.3 Å². The Balaban J connectivity index is 1.64. The van der Waals surface area contributed by atoms with Crippen molar-refractivity contribution in [3.8, 4) is 5.75 Å². The molecule has 8 heteroatoms. The highest BCUT2D eigenvalue weighted by molar-refractivity contribution is 5.83. The Hall–Kier alpha value is -3.42. The van der Waals surface area contributed by atoms with Crippen molar-refractivity contribution >= 4 is 12.0 Å². The van der Waals surface area contributed by atoms with Crippen LogP contribution in [0.4, 0.5) is 23.4 Å². The number of hydrazone groups is 1. The highest BCUT2D eigenvalue weighted by atomic mass is 19.4. The number of rotatable bonds is 6. The van der Waals surface area contributed by atoms with Gasteiger partial charge in [0.05, 0.1) is 11.8 Å². The summed E-state index contributed by atoms with van der Waals surface area (Å²) in [6, 6.07) is 15.2. The summed E-state index contributed by atoms with van der Waals surface area (Å²) in [5, 5.41) is 3.97. The van der Waals surface area contributed by atoms with Crippen molar-refractivity contribution in [1.82, 2.24) is 4.98 Å². The Kier molecular flexibility index (Phi) is 5.88. The maximum Gasteiger partial charge on any atom is 0.417 e. The molecule has 0 amide bonds. The van der Waals surface area contributed by atoms with Gasteiger partial charge in [-0.3, -0.25) is 5.43 Å². The summed E-state index contributed by atoms with van der Waals surface area (Å²) >= 11 is 0. The maximum atomic E-state index is 13.2. The molecule has 0 unspecified atom stereocenters. The zero-order valence-electron chi connectivity index (χ0n) is 14.4. The summed E-state index contributed by atoms with van der Waals surface area (Å²) in [5.74, 6) is 0.351. The minimum Gasteiger partial charge on any atom is -0.488 e. The monoisotopic (exact) mass is 389 g/mol. The predicted octanol–water partition coefficient (Wildman–Crippen LogP) is 5.26. The molecule has 3 rings (SSSR count). The molecular formula is C20H15F4N3O. The van der Waals surface area contributed by atoms with Gasteiger partial charge in [0.1, 0.15) is 24.0 Å². The Morgan fingerprint density at radius 2 is 1.86 bits per heavy atom. The summed E-state index contributed by atoms with van der Waals surface area (Å²) in [4.78, 5) is 3.67. The lowest BCUT2D eigenvalue weighted by molar-refractivity contribution is -0.137. The van der Waals surface area contributed by atoms with Crippen LogP contribution in [0, 0.1) is 5.82 Å². The molecule has 0 atom stereocenters. The molecule has 0 saturated carbocycles. The highest BCUT2D eigenvalue weighted by Crippen LogP contribution is 2.28. The largest absolute Gasteiger partial charge is 0.488 e. The summed E-state index contributed by atoms with van der Waals surface area (Å²) in [6.07, 6.45) is -2.25. The van der Waals surface area contributed by atoms with Crippen molar-refractivity contribution in [3.63, 3.8) is 0 Å². The standard InChI is InChI=1S/C20H15F4N3O/c21-17-6-3-4-14(10-17)13-28-18-7-2-1-5-15(18)11-26-27-19-9-8-16(12-25-19)20(22,23)24/h1-12H,13H2,(H,25,27)/b26-11-. The van der Waals surface area contributed by atoms with E-state index >= 15 is 0 Å². The van der Waals surface area contributed by atoms with E-state index < -0.39 is 11.7 Å². The van der Waals surface area contributed by atoms with Crippen molar-refractivity contribution in [2.24, 2.45) is 5.10 Å². The van der Waals surface area contributed by atoms with E-state index in [9.17, 15) is 17.6 Å². The summed E-state index contributed by atoms with van der Waals surface area (Å²) in [5.41, 5.74) is 3.05. The SMILES string of the molecule is Fc1cccc(COc2ccccc2/C=N\Nc2ccc(C(F)(F)F)cn2)c1. The molecule has 144 valence electrons. The van der Waals surface area contributed by atoms with E-state index in [-0.39, 0.29) is 18.2 Å². The minimum absolute atomic E-state index is 0.169. The normalized spacial score (nSPS) is 11.6. The van der Waals surface area contributed by atoms with Gasteiger partial charge in [0.15, 0.2) is 0 Å². The van der Waals surface area contributed by atoms with Crippen LogP contribution in [-0.2, 0) is 12.8 Å². The molecular weight excluding hydrogens is 374 g/mol. The second-order valence-corrected chi connectivity index (χ2v) is 5.76. The molecule has 2 aromatic carbocycles. The molecule has 3 aromatic rings. The first-order chi connectivity index (χ1) is 13.4. The average Bonchev–Trinajstić information content (AvgIpc) is 2.67. The molecule has 0 bridgehead atoms. The summed E-state index contributed by atoms with van der Waals surface area (Å²) in [7, 11) is 0. The molecule has 0 aliphatic carbocycles. The fourth-order valence-corrected chi connectivity index (χ4v) is 2.30. The first kappa shape index (κ1) is 19.3. The van der Waals surface area contributed by atoms with Crippen molar-refractivity contribution in [2.75, 3.05) is 5.43 Å². The number of hydrogen-bond acceptors (Lipinski definition) is 4. The van der Waals surface area contributed by atoms with E-state index in [1.165, 1.54) is 24.4 Å². The third-order valence-corrected chi connectivity index (χ3v) is 3.68. The lowest BCUT2D eigenvalue weighted by atomic mass is 10.2. The Bertz CT molecular complexity index is 956. The molecule has 0 saturated heterocycles. The van der Waals surface area contributed by atoms with Gasteiger partial charge >= 0.3 is 6.18 Å². The van der Waals surface area contributed by atoms with Crippen molar-refractivity contribution in [3.05, 3.63) is 89.4 Å². The van der Waals surface area contributed by atoms with Crippen molar-refractivity contribution < 1.29 is 22.3 Å². The highest BCUT2D eigenvalue weighted by Gasteiger charge is 2.30. The zero-order valence-corrected chi connectivity index (χ0v) is 14.4. The number of alkyl halides is 3. The van der Waals surface area contributed by atoms with Gasteiger partial charge in [0.2, 0.25) is 0 Å². The first-order valence-corrected chi connectivity index (χ1v) is 8.20. The van der Waals surface area contributed by atoms with Crippen LogP contribution < -0.4 is 10.2 Å². The number of benzene rings is 2. The van der Waals surface area contributed by atoms with E-state index in [0.717, 1.165) is 12.3 Å². The van der Waals surface area contributed by atoms with Crippen LogP contribution in [0.1, 0.15) is 16.7 Å². The molecule has 0 aliphatic heterocycles. The summed E-state index contributed by atoms with van der Waals surface area (Å²) < 4.78 is 56.5. The lowest BCUT2D eigenvalue weighted by Crippen LogP contribution is -2.05. The molecule has 0 fully saturated rings. The second kappa shape index (κ2) is 8.51. The topological polar surface area (TPSA) is 46.5 Å². The van der Waals surface area contributed by atoms with Crippen LogP contribution in [0.5, 0.6) is 5.75 Å².